The zero-order valence-corrected chi connectivity index (χ0v) is 9.32. The third-order valence-electron chi connectivity index (χ3n) is 2.76. The lowest BCUT2D eigenvalue weighted by Gasteiger charge is -2.17. The number of halogens is 1. The molecule has 82 valence electrons. The maximum atomic E-state index is 11.9. The topological polar surface area (TPSA) is 64.3 Å². The van der Waals surface area contributed by atoms with Gasteiger partial charge in [-0.3, -0.25) is 4.79 Å². The fraction of sp³-hybridized carbons (Fsp3) is 0.273. The molecule has 1 aromatic carbocycles. The number of hydrogen-bond donors (Lipinski definition) is 1. The highest BCUT2D eigenvalue weighted by Gasteiger charge is 2.48. The molecule has 2 rings (SSSR count). The second-order valence-corrected chi connectivity index (χ2v) is 4.16. The van der Waals surface area contributed by atoms with Crippen molar-refractivity contribution in [2.45, 2.75) is 12.0 Å². The third kappa shape index (κ3) is 1.29. The molecule has 0 fully saturated rings. The van der Waals surface area contributed by atoms with Crippen molar-refractivity contribution in [3.8, 4) is 6.07 Å². The van der Waals surface area contributed by atoms with Crippen molar-refractivity contribution >= 4 is 23.2 Å². The van der Waals surface area contributed by atoms with E-state index in [2.05, 4.69) is 0 Å². The zero-order valence-electron chi connectivity index (χ0n) is 8.57. The predicted octanol–water partition coefficient (Wildman–Crippen LogP) is 1.42. The van der Waals surface area contributed by atoms with Gasteiger partial charge in [-0.05, 0) is 18.2 Å². The van der Waals surface area contributed by atoms with Crippen molar-refractivity contribution in [3.63, 3.8) is 0 Å². The summed E-state index contributed by atoms with van der Waals surface area (Å²) in [5.74, 6) is -0.494. The van der Waals surface area contributed by atoms with Crippen LogP contribution in [0.4, 0.5) is 5.69 Å². The van der Waals surface area contributed by atoms with Crippen LogP contribution in [-0.4, -0.2) is 18.1 Å². The third-order valence-corrected chi connectivity index (χ3v) is 2.99. The van der Waals surface area contributed by atoms with Crippen LogP contribution in [0.1, 0.15) is 12.0 Å². The van der Waals surface area contributed by atoms with Crippen molar-refractivity contribution in [2.24, 2.45) is 0 Å². The molecule has 0 aliphatic carbocycles. The Kier molecular flexibility index (Phi) is 2.38. The van der Waals surface area contributed by atoms with Crippen LogP contribution >= 0.6 is 11.6 Å². The van der Waals surface area contributed by atoms with E-state index in [1.54, 1.807) is 19.2 Å². The first-order valence-corrected chi connectivity index (χ1v) is 5.06. The molecule has 1 unspecified atom stereocenters. The van der Waals surface area contributed by atoms with Crippen LogP contribution < -0.4 is 4.90 Å². The first-order valence-electron chi connectivity index (χ1n) is 4.68. The minimum atomic E-state index is -1.76. The van der Waals surface area contributed by atoms with E-state index in [4.69, 9.17) is 16.9 Å². The molecule has 0 bridgehead atoms. The van der Waals surface area contributed by atoms with E-state index in [1.165, 1.54) is 11.0 Å². The Morgan fingerprint density at radius 2 is 2.31 bits per heavy atom. The van der Waals surface area contributed by atoms with Gasteiger partial charge in [-0.15, -0.1) is 0 Å². The van der Waals surface area contributed by atoms with Crippen LogP contribution in [0.25, 0.3) is 0 Å². The van der Waals surface area contributed by atoms with Crippen LogP contribution in [0.5, 0.6) is 0 Å². The van der Waals surface area contributed by atoms with Crippen LogP contribution in [-0.2, 0) is 10.4 Å². The standard InChI is InChI=1S/C11H9ClN2O2/c1-14-9-3-2-7(12)6-8(9)11(16,4-5-13)10(14)15/h2-3,6,16H,4H2,1H3. The van der Waals surface area contributed by atoms with Crippen molar-refractivity contribution in [2.75, 3.05) is 11.9 Å². The van der Waals surface area contributed by atoms with Crippen molar-refractivity contribution < 1.29 is 9.90 Å². The summed E-state index contributed by atoms with van der Waals surface area (Å²) in [5, 5.41) is 19.3. The summed E-state index contributed by atoms with van der Waals surface area (Å²) in [4.78, 5) is 13.2. The average molecular weight is 237 g/mol. The molecule has 5 heteroatoms. The highest BCUT2D eigenvalue weighted by molar-refractivity contribution is 6.31. The molecule has 16 heavy (non-hydrogen) atoms. The van der Waals surface area contributed by atoms with Gasteiger partial charge in [0.25, 0.3) is 5.91 Å². The van der Waals surface area contributed by atoms with Gasteiger partial charge in [0, 0.05) is 17.6 Å². The van der Waals surface area contributed by atoms with Gasteiger partial charge in [-0.2, -0.15) is 5.26 Å². The van der Waals surface area contributed by atoms with E-state index in [0.29, 0.717) is 16.3 Å². The highest BCUT2D eigenvalue weighted by atomic mass is 35.5. The normalized spacial score (nSPS) is 23.1. The molecule has 1 aliphatic heterocycles. The predicted molar refractivity (Wildman–Crippen MR) is 59.0 cm³/mol. The van der Waals surface area contributed by atoms with E-state index >= 15 is 0 Å². The minimum Gasteiger partial charge on any atom is -0.374 e. The number of amides is 1. The molecule has 1 aromatic rings. The van der Waals surface area contributed by atoms with Gasteiger partial charge >= 0.3 is 0 Å². The largest absolute Gasteiger partial charge is 0.374 e. The number of anilines is 1. The number of fused-ring (bicyclic) bond motifs is 1. The fourth-order valence-electron chi connectivity index (χ4n) is 1.92. The van der Waals surface area contributed by atoms with Crippen molar-refractivity contribution in [1.29, 1.82) is 5.26 Å². The van der Waals surface area contributed by atoms with E-state index in [9.17, 15) is 9.90 Å². The maximum Gasteiger partial charge on any atom is 0.264 e. The molecule has 0 spiro atoms. The highest BCUT2D eigenvalue weighted by Crippen LogP contribution is 2.42. The number of aliphatic hydroxyl groups is 1. The lowest BCUT2D eigenvalue weighted by molar-refractivity contribution is -0.135. The first kappa shape index (κ1) is 10.9. The van der Waals surface area contributed by atoms with Crippen molar-refractivity contribution in [1.82, 2.24) is 0 Å². The Morgan fingerprint density at radius 1 is 1.62 bits per heavy atom. The summed E-state index contributed by atoms with van der Waals surface area (Å²) >= 11 is 5.82. The van der Waals surface area contributed by atoms with Crippen molar-refractivity contribution in [3.05, 3.63) is 28.8 Å². The number of nitriles is 1. The van der Waals surface area contributed by atoms with Crippen LogP contribution in [0.3, 0.4) is 0 Å². The second kappa shape index (κ2) is 3.48. The summed E-state index contributed by atoms with van der Waals surface area (Å²) in [6.45, 7) is 0. The SMILES string of the molecule is CN1C(=O)C(O)(CC#N)c2cc(Cl)ccc21. The molecule has 0 saturated heterocycles. The van der Waals surface area contributed by atoms with Gasteiger partial charge in [0.05, 0.1) is 18.2 Å². The van der Waals surface area contributed by atoms with Crippen LogP contribution in [0.2, 0.25) is 5.02 Å². The Balaban J connectivity index is 2.65. The molecule has 1 N–H and O–H groups in total. The first-order chi connectivity index (χ1) is 7.50. The number of benzene rings is 1. The summed E-state index contributed by atoms with van der Waals surface area (Å²) in [5.41, 5.74) is -0.773. The van der Waals surface area contributed by atoms with E-state index < -0.39 is 11.5 Å². The van der Waals surface area contributed by atoms with E-state index in [1.807, 2.05) is 6.07 Å². The monoisotopic (exact) mass is 236 g/mol. The summed E-state index contributed by atoms with van der Waals surface area (Å²) in [6.07, 6.45) is -0.274. The zero-order chi connectivity index (χ0) is 11.9. The lowest BCUT2D eigenvalue weighted by Crippen LogP contribution is -2.38. The molecule has 1 heterocycles. The fourth-order valence-corrected chi connectivity index (χ4v) is 2.09. The van der Waals surface area contributed by atoms with Gasteiger partial charge in [-0.1, -0.05) is 11.6 Å². The molecule has 0 radical (unpaired) electrons. The number of nitrogens with zero attached hydrogens (tertiary/aromatic N) is 2. The number of rotatable bonds is 1. The number of carbonyl (C=O) groups is 1. The molecule has 1 atom stereocenters. The van der Waals surface area contributed by atoms with E-state index in [-0.39, 0.29) is 6.42 Å². The quantitative estimate of drug-likeness (QED) is 0.802. The Labute approximate surface area is 97.7 Å². The molecule has 0 aromatic heterocycles. The summed E-state index contributed by atoms with van der Waals surface area (Å²) in [7, 11) is 1.56. The Hall–Kier alpha value is -1.57. The summed E-state index contributed by atoms with van der Waals surface area (Å²) < 4.78 is 0. The van der Waals surface area contributed by atoms with Gasteiger partial charge in [0.15, 0.2) is 5.60 Å². The number of carbonyl (C=O) groups excluding carboxylic acids is 1. The minimum absolute atomic E-state index is 0.274. The van der Waals surface area contributed by atoms with Crippen LogP contribution in [0, 0.1) is 11.3 Å². The molecule has 1 aliphatic rings. The molecule has 1 amide bonds. The molecular weight excluding hydrogens is 228 g/mol. The number of hydrogen-bond acceptors (Lipinski definition) is 3. The summed E-state index contributed by atoms with van der Waals surface area (Å²) in [6, 6.07) is 6.64. The Bertz CT molecular complexity index is 509. The van der Waals surface area contributed by atoms with Gasteiger partial charge < -0.3 is 10.0 Å². The van der Waals surface area contributed by atoms with Gasteiger partial charge in [0.2, 0.25) is 0 Å². The second-order valence-electron chi connectivity index (χ2n) is 3.72. The molecular formula is C11H9ClN2O2. The Morgan fingerprint density at radius 3 is 2.94 bits per heavy atom. The van der Waals surface area contributed by atoms with Gasteiger partial charge in [0.1, 0.15) is 0 Å². The maximum absolute atomic E-state index is 11.9. The van der Waals surface area contributed by atoms with Crippen LogP contribution in [0.15, 0.2) is 18.2 Å². The average Bonchev–Trinajstić information content (AvgIpc) is 2.42. The molecule has 4 nitrogen and oxygen atoms in total. The number of likely N-dealkylation sites (N-methyl/N-ethyl adjacent to an activating group) is 1. The lowest BCUT2D eigenvalue weighted by atomic mass is 9.92. The molecule has 0 saturated carbocycles. The van der Waals surface area contributed by atoms with E-state index in [0.717, 1.165) is 0 Å². The smallest absolute Gasteiger partial charge is 0.264 e. The van der Waals surface area contributed by atoms with Gasteiger partial charge in [-0.25, -0.2) is 0 Å².